The minimum Gasteiger partial charge on any atom is -0.497 e. The Bertz CT molecular complexity index is 725. The van der Waals surface area contributed by atoms with Crippen LogP contribution in [0.15, 0.2) is 42.5 Å². The van der Waals surface area contributed by atoms with Crippen LogP contribution in [0.5, 0.6) is 17.2 Å². The minimum atomic E-state index is -0.0569. The van der Waals surface area contributed by atoms with Gasteiger partial charge in [0.15, 0.2) is 0 Å². The second-order valence-electron chi connectivity index (χ2n) is 5.68. The van der Waals surface area contributed by atoms with Crippen molar-refractivity contribution in [3.05, 3.63) is 53.6 Å². The van der Waals surface area contributed by atoms with Gasteiger partial charge in [-0.3, -0.25) is 4.79 Å². The maximum Gasteiger partial charge on any atom is 0.234 e. The lowest BCUT2D eigenvalue weighted by molar-refractivity contribution is -0.128. The van der Waals surface area contributed by atoms with E-state index in [4.69, 9.17) is 14.2 Å². The lowest BCUT2D eigenvalue weighted by Crippen LogP contribution is -2.27. The van der Waals surface area contributed by atoms with Crippen LogP contribution in [-0.2, 0) is 11.3 Å². The summed E-state index contributed by atoms with van der Waals surface area (Å²) < 4.78 is 15.9. The lowest BCUT2D eigenvalue weighted by Gasteiger charge is -2.25. The summed E-state index contributed by atoms with van der Waals surface area (Å²) in [6.07, 6.45) is 0. The third-order valence-electron chi connectivity index (χ3n) is 4.14. The molecule has 2 aromatic carbocycles. The van der Waals surface area contributed by atoms with E-state index in [1.165, 1.54) is 0 Å². The van der Waals surface area contributed by atoms with Crippen molar-refractivity contribution in [1.82, 2.24) is 4.90 Å². The van der Waals surface area contributed by atoms with Crippen LogP contribution >= 0.6 is 11.8 Å². The molecule has 2 aromatic rings. The zero-order valence-corrected chi connectivity index (χ0v) is 15.3. The maximum atomic E-state index is 12.4. The Morgan fingerprint density at radius 1 is 0.960 bits per heavy atom. The number of benzene rings is 2. The van der Waals surface area contributed by atoms with Crippen LogP contribution in [0, 0.1) is 0 Å². The number of hydrogen-bond acceptors (Lipinski definition) is 5. The number of carbonyl (C=O) groups excluding carboxylic acids is 1. The quantitative estimate of drug-likeness (QED) is 0.790. The molecule has 1 atom stereocenters. The zero-order chi connectivity index (χ0) is 17.8. The number of rotatable bonds is 6. The molecule has 5 nitrogen and oxygen atoms in total. The molecule has 6 heteroatoms. The maximum absolute atomic E-state index is 12.4. The third-order valence-corrected chi connectivity index (χ3v) is 5.40. The van der Waals surface area contributed by atoms with E-state index in [1.54, 1.807) is 33.1 Å². The van der Waals surface area contributed by atoms with Gasteiger partial charge < -0.3 is 19.1 Å². The van der Waals surface area contributed by atoms with Gasteiger partial charge in [-0.2, -0.15) is 0 Å². The van der Waals surface area contributed by atoms with Crippen molar-refractivity contribution in [1.29, 1.82) is 0 Å². The van der Waals surface area contributed by atoms with Gasteiger partial charge >= 0.3 is 0 Å². The molecule has 132 valence electrons. The molecule has 0 bridgehead atoms. The lowest BCUT2D eigenvalue weighted by atomic mass is 10.1. The Morgan fingerprint density at radius 3 is 2.12 bits per heavy atom. The first kappa shape index (κ1) is 17.5. The number of carbonyl (C=O) groups is 1. The summed E-state index contributed by atoms with van der Waals surface area (Å²) in [5.41, 5.74) is 2.07. The first-order chi connectivity index (χ1) is 12.1. The highest BCUT2D eigenvalue weighted by Crippen LogP contribution is 2.42. The Kier molecular flexibility index (Phi) is 5.38. The molecule has 1 unspecified atom stereocenters. The van der Waals surface area contributed by atoms with Gasteiger partial charge in [-0.15, -0.1) is 11.8 Å². The summed E-state index contributed by atoms with van der Waals surface area (Å²) in [7, 11) is 4.89. The Balaban J connectivity index is 1.86. The highest BCUT2D eigenvalue weighted by atomic mass is 32.2. The Labute approximate surface area is 151 Å². The number of amides is 1. The van der Waals surface area contributed by atoms with E-state index in [0.717, 1.165) is 28.4 Å². The molecule has 3 rings (SSSR count). The van der Waals surface area contributed by atoms with E-state index in [-0.39, 0.29) is 11.3 Å². The molecule has 0 aromatic heterocycles. The van der Waals surface area contributed by atoms with Gasteiger partial charge in [0.1, 0.15) is 22.6 Å². The van der Waals surface area contributed by atoms with Crippen molar-refractivity contribution < 1.29 is 19.0 Å². The van der Waals surface area contributed by atoms with Crippen molar-refractivity contribution in [2.24, 2.45) is 0 Å². The Morgan fingerprint density at radius 2 is 1.56 bits per heavy atom. The fraction of sp³-hybridized carbons (Fsp3) is 0.316. The molecule has 1 fully saturated rings. The van der Waals surface area contributed by atoms with Crippen molar-refractivity contribution in [3.8, 4) is 17.2 Å². The van der Waals surface area contributed by atoms with Crippen LogP contribution in [0.2, 0.25) is 0 Å². The second kappa shape index (κ2) is 7.70. The Hall–Kier alpha value is -2.34. The monoisotopic (exact) mass is 359 g/mol. The molecular formula is C19H21NO4S. The molecule has 0 saturated carbocycles. The largest absolute Gasteiger partial charge is 0.497 e. The van der Waals surface area contributed by atoms with Crippen LogP contribution < -0.4 is 14.2 Å². The van der Waals surface area contributed by atoms with E-state index in [1.807, 2.05) is 47.4 Å². The zero-order valence-electron chi connectivity index (χ0n) is 14.5. The fourth-order valence-corrected chi connectivity index (χ4v) is 3.97. The standard InChI is InChI=1S/C19H21NO4S/c1-22-15-6-4-13(5-7-15)11-20-18(21)12-25-19(20)14-8-16(23-2)10-17(9-14)24-3/h4-10,19H,11-12H2,1-3H3. The minimum absolute atomic E-state index is 0.0569. The predicted molar refractivity (Wildman–Crippen MR) is 98.3 cm³/mol. The summed E-state index contributed by atoms with van der Waals surface area (Å²) in [6, 6.07) is 13.5. The molecular weight excluding hydrogens is 338 g/mol. The van der Waals surface area contributed by atoms with Crippen LogP contribution in [-0.4, -0.2) is 37.9 Å². The SMILES string of the molecule is COc1ccc(CN2C(=O)CSC2c2cc(OC)cc(OC)c2)cc1. The van der Waals surface area contributed by atoms with E-state index < -0.39 is 0 Å². The van der Waals surface area contributed by atoms with Gasteiger partial charge in [0.05, 0.1) is 27.1 Å². The molecule has 0 radical (unpaired) electrons. The van der Waals surface area contributed by atoms with Gasteiger partial charge in [-0.1, -0.05) is 12.1 Å². The molecule has 1 amide bonds. The smallest absolute Gasteiger partial charge is 0.234 e. The van der Waals surface area contributed by atoms with Crippen molar-refractivity contribution in [2.75, 3.05) is 27.1 Å². The normalized spacial score (nSPS) is 16.8. The summed E-state index contributed by atoms with van der Waals surface area (Å²) in [5, 5.41) is -0.0569. The van der Waals surface area contributed by atoms with Crippen LogP contribution in [0.25, 0.3) is 0 Å². The summed E-state index contributed by atoms with van der Waals surface area (Å²) in [4.78, 5) is 14.3. The molecule has 0 aliphatic carbocycles. The molecule has 1 saturated heterocycles. The van der Waals surface area contributed by atoms with Crippen molar-refractivity contribution >= 4 is 17.7 Å². The molecule has 25 heavy (non-hydrogen) atoms. The number of thioether (sulfide) groups is 1. The van der Waals surface area contributed by atoms with Gasteiger partial charge in [0.2, 0.25) is 5.91 Å². The highest BCUT2D eigenvalue weighted by molar-refractivity contribution is 8.00. The van der Waals surface area contributed by atoms with E-state index in [0.29, 0.717) is 12.3 Å². The van der Waals surface area contributed by atoms with E-state index in [2.05, 4.69) is 0 Å². The summed E-state index contributed by atoms with van der Waals surface area (Å²) >= 11 is 1.62. The summed E-state index contributed by atoms with van der Waals surface area (Å²) in [5.74, 6) is 2.85. The molecule has 0 spiro atoms. The number of methoxy groups -OCH3 is 3. The number of hydrogen-bond donors (Lipinski definition) is 0. The molecule has 0 N–H and O–H groups in total. The van der Waals surface area contributed by atoms with Gasteiger partial charge in [0.25, 0.3) is 0 Å². The van der Waals surface area contributed by atoms with Crippen molar-refractivity contribution in [3.63, 3.8) is 0 Å². The highest BCUT2D eigenvalue weighted by Gasteiger charge is 2.33. The average Bonchev–Trinajstić information content (AvgIpc) is 3.02. The van der Waals surface area contributed by atoms with E-state index in [9.17, 15) is 4.79 Å². The molecule has 1 heterocycles. The van der Waals surface area contributed by atoms with Crippen LogP contribution in [0.3, 0.4) is 0 Å². The van der Waals surface area contributed by atoms with Gasteiger partial charge in [-0.25, -0.2) is 0 Å². The summed E-state index contributed by atoms with van der Waals surface area (Å²) in [6.45, 7) is 0.556. The van der Waals surface area contributed by atoms with Crippen molar-refractivity contribution in [2.45, 2.75) is 11.9 Å². The van der Waals surface area contributed by atoms with E-state index >= 15 is 0 Å². The van der Waals surface area contributed by atoms with Gasteiger partial charge in [-0.05, 0) is 35.4 Å². The number of nitrogens with zero attached hydrogens (tertiary/aromatic N) is 1. The van der Waals surface area contributed by atoms with Crippen LogP contribution in [0.4, 0.5) is 0 Å². The topological polar surface area (TPSA) is 48.0 Å². The van der Waals surface area contributed by atoms with Crippen LogP contribution in [0.1, 0.15) is 16.5 Å². The van der Waals surface area contributed by atoms with Gasteiger partial charge in [0, 0.05) is 12.6 Å². The molecule has 1 aliphatic rings. The first-order valence-corrected chi connectivity index (χ1v) is 8.96. The average molecular weight is 359 g/mol. The fourth-order valence-electron chi connectivity index (χ4n) is 2.80. The second-order valence-corrected chi connectivity index (χ2v) is 6.75. The predicted octanol–water partition coefficient (Wildman–Crippen LogP) is 3.49. The number of ether oxygens (including phenoxy) is 3. The molecule has 1 aliphatic heterocycles. The first-order valence-electron chi connectivity index (χ1n) is 7.91. The third kappa shape index (κ3) is 3.85.